The molecule has 2 rings (SSSR count). The van der Waals surface area contributed by atoms with Crippen molar-refractivity contribution in [1.29, 1.82) is 0 Å². The van der Waals surface area contributed by atoms with Gasteiger partial charge in [0.25, 0.3) is 0 Å². The predicted octanol–water partition coefficient (Wildman–Crippen LogP) is 1.77. The summed E-state index contributed by atoms with van der Waals surface area (Å²) in [6.07, 6.45) is 0. The number of carbonyl (C=O) groups excluding carboxylic acids is 1. The van der Waals surface area contributed by atoms with Crippen molar-refractivity contribution >= 4 is 12.0 Å². The van der Waals surface area contributed by atoms with Crippen LogP contribution in [0.25, 0.3) is 0 Å². The van der Waals surface area contributed by atoms with E-state index in [4.69, 9.17) is 0 Å². The van der Waals surface area contributed by atoms with Gasteiger partial charge in [-0.25, -0.2) is 9.18 Å². The number of benzene rings is 1. The topological polar surface area (TPSA) is 42.4 Å². The number of carbonyl (C=O) groups is 1. The van der Waals surface area contributed by atoms with E-state index in [1.54, 1.807) is 50.0 Å². The number of aliphatic imine (C=N–C) groups is 1. The lowest BCUT2D eigenvalue weighted by molar-refractivity contribution is 0.0876. The van der Waals surface area contributed by atoms with Gasteiger partial charge in [0, 0.05) is 34.7 Å². The summed E-state index contributed by atoms with van der Waals surface area (Å²) in [5.74, 6) is 0.561. The summed E-state index contributed by atoms with van der Waals surface area (Å²) in [6, 6.07) is 5.24. The van der Waals surface area contributed by atoms with Crippen molar-refractivity contribution in [2.75, 3.05) is 41.5 Å². The van der Waals surface area contributed by atoms with Crippen LogP contribution in [-0.2, 0) is 6.54 Å². The minimum Gasteiger partial charge on any atom is -0.341 e. The molecule has 126 valence electrons. The van der Waals surface area contributed by atoms with Crippen LogP contribution < -0.4 is 0 Å². The second kappa shape index (κ2) is 6.85. The molecule has 6 nitrogen and oxygen atoms in total. The van der Waals surface area contributed by atoms with Crippen LogP contribution >= 0.6 is 0 Å². The molecule has 0 radical (unpaired) electrons. The smallest absolute Gasteiger partial charge is 0.322 e. The van der Waals surface area contributed by atoms with Gasteiger partial charge in [-0.1, -0.05) is 12.1 Å². The van der Waals surface area contributed by atoms with Crippen LogP contribution in [0.3, 0.4) is 0 Å². The molecule has 0 aliphatic carbocycles. The predicted molar refractivity (Wildman–Crippen MR) is 88.5 cm³/mol. The van der Waals surface area contributed by atoms with Gasteiger partial charge >= 0.3 is 6.03 Å². The first-order chi connectivity index (χ1) is 10.8. The van der Waals surface area contributed by atoms with Crippen LogP contribution in [-0.4, -0.2) is 73.1 Å². The quantitative estimate of drug-likeness (QED) is 0.616. The molecule has 1 fully saturated rings. The maximum atomic E-state index is 13.7. The van der Waals surface area contributed by atoms with Crippen LogP contribution in [0.4, 0.5) is 9.18 Å². The molecule has 1 aliphatic rings. The first-order valence-electron chi connectivity index (χ1n) is 7.47. The molecule has 7 heteroatoms. The molecule has 1 aromatic rings. The number of nitrogens with zero attached hydrogens (tertiary/aromatic N) is 5. The summed E-state index contributed by atoms with van der Waals surface area (Å²) in [7, 11) is 7.15. The highest BCUT2D eigenvalue weighted by molar-refractivity contribution is 5.82. The number of aryl methyl sites for hydroxylation is 1. The van der Waals surface area contributed by atoms with E-state index < -0.39 is 0 Å². The van der Waals surface area contributed by atoms with E-state index in [0.29, 0.717) is 25.4 Å². The Morgan fingerprint density at radius 3 is 2.43 bits per heavy atom. The summed E-state index contributed by atoms with van der Waals surface area (Å²) in [6.45, 7) is 3.24. The Kier molecular flexibility index (Phi) is 5.08. The highest BCUT2D eigenvalue weighted by atomic mass is 19.1. The van der Waals surface area contributed by atoms with E-state index >= 15 is 0 Å². The third kappa shape index (κ3) is 3.72. The van der Waals surface area contributed by atoms with Crippen molar-refractivity contribution in [2.24, 2.45) is 4.99 Å². The number of urea groups is 1. The van der Waals surface area contributed by atoms with Crippen LogP contribution in [0.2, 0.25) is 0 Å². The molecule has 0 saturated carbocycles. The lowest BCUT2D eigenvalue weighted by Gasteiger charge is -2.42. The summed E-state index contributed by atoms with van der Waals surface area (Å²) in [5.41, 5.74) is 1.52. The molecule has 1 aliphatic heterocycles. The molecule has 23 heavy (non-hydrogen) atoms. The molecule has 0 N–H and O–H groups in total. The zero-order valence-corrected chi connectivity index (χ0v) is 14.4. The molecule has 1 heterocycles. The van der Waals surface area contributed by atoms with E-state index in [0.717, 1.165) is 11.5 Å². The Morgan fingerprint density at radius 2 is 1.91 bits per heavy atom. The van der Waals surface area contributed by atoms with E-state index in [-0.39, 0.29) is 11.8 Å². The first kappa shape index (κ1) is 17.1. The minimum absolute atomic E-state index is 0.0139. The Morgan fingerprint density at radius 1 is 1.30 bits per heavy atom. The van der Waals surface area contributed by atoms with Crippen molar-refractivity contribution < 1.29 is 9.18 Å². The number of halogens is 1. The third-order valence-corrected chi connectivity index (χ3v) is 3.90. The number of amides is 2. The molecule has 1 saturated heterocycles. The lowest BCUT2D eigenvalue weighted by Crippen LogP contribution is -2.59. The molecule has 0 atom stereocenters. The van der Waals surface area contributed by atoms with Gasteiger partial charge in [-0.2, -0.15) is 0 Å². The fraction of sp³-hybridized carbons (Fsp3) is 0.500. The van der Waals surface area contributed by atoms with Crippen molar-refractivity contribution in [3.05, 3.63) is 35.1 Å². The van der Waals surface area contributed by atoms with Crippen LogP contribution in [0.15, 0.2) is 23.2 Å². The number of guanidine groups is 1. The average molecular weight is 321 g/mol. The average Bonchev–Trinajstić information content (AvgIpc) is 2.49. The molecule has 0 aromatic heterocycles. The summed E-state index contributed by atoms with van der Waals surface area (Å²) >= 11 is 0. The maximum absolute atomic E-state index is 13.7. The van der Waals surface area contributed by atoms with Gasteiger partial charge in [0.15, 0.2) is 5.96 Å². The van der Waals surface area contributed by atoms with Gasteiger partial charge in [-0.3, -0.25) is 4.99 Å². The minimum atomic E-state index is -0.200. The Bertz CT molecular complexity index is 604. The number of hydrogen-bond donors (Lipinski definition) is 0. The van der Waals surface area contributed by atoms with E-state index in [1.807, 2.05) is 22.9 Å². The van der Waals surface area contributed by atoms with Crippen molar-refractivity contribution in [1.82, 2.24) is 19.6 Å². The normalized spacial score (nSPS) is 16.2. The fourth-order valence-corrected chi connectivity index (χ4v) is 2.73. The lowest BCUT2D eigenvalue weighted by atomic mass is 10.1. The molecule has 0 unspecified atom stereocenters. The van der Waals surface area contributed by atoms with E-state index in [9.17, 15) is 9.18 Å². The van der Waals surface area contributed by atoms with E-state index in [1.165, 1.54) is 0 Å². The Hall–Kier alpha value is -2.31. The van der Waals surface area contributed by atoms with Crippen LogP contribution in [0, 0.1) is 12.7 Å². The molecule has 2 amide bonds. The molecular formula is C16H24FN5O. The van der Waals surface area contributed by atoms with Crippen LogP contribution in [0.5, 0.6) is 0 Å². The zero-order chi connectivity index (χ0) is 17.1. The summed E-state index contributed by atoms with van der Waals surface area (Å²) in [4.78, 5) is 23.4. The first-order valence-corrected chi connectivity index (χ1v) is 7.47. The van der Waals surface area contributed by atoms with Gasteiger partial charge in [0.2, 0.25) is 0 Å². The SMILES string of the molecule is C/N=C(/N(C)Cc1ccc(C)c(F)c1)N1CN(C)C(=O)N(C)C1. The van der Waals surface area contributed by atoms with Crippen LogP contribution in [0.1, 0.15) is 11.1 Å². The molecule has 0 spiro atoms. The van der Waals surface area contributed by atoms with E-state index in [2.05, 4.69) is 4.99 Å². The Labute approximate surface area is 136 Å². The van der Waals surface area contributed by atoms with Gasteiger partial charge in [0.1, 0.15) is 5.82 Å². The highest BCUT2D eigenvalue weighted by Gasteiger charge is 2.28. The van der Waals surface area contributed by atoms with Crippen molar-refractivity contribution in [2.45, 2.75) is 13.5 Å². The second-order valence-electron chi connectivity index (χ2n) is 5.96. The summed E-state index contributed by atoms with van der Waals surface area (Å²) < 4.78 is 13.7. The fourth-order valence-electron chi connectivity index (χ4n) is 2.73. The molecule has 0 bridgehead atoms. The third-order valence-electron chi connectivity index (χ3n) is 3.90. The van der Waals surface area contributed by atoms with Crippen molar-refractivity contribution in [3.8, 4) is 0 Å². The molecule has 1 aromatic carbocycles. The maximum Gasteiger partial charge on any atom is 0.322 e. The van der Waals surface area contributed by atoms with Crippen molar-refractivity contribution in [3.63, 3.8) is 0 Å². The van der Waals surface area contributed by atoms with Gasteiger partial charge in [-0.15, -0.1) is 0 Å². The monoisotopic (exact) mass is 321 g/mol. The van der Waals surface area contributed by atoms with Gasteiger partial charge in [-0.05, 0) is 24.1 Å². The zero-order valence-electron chi connectivity index (χ0n) is 14.4. The van der Waals surface area contributed by atoms with Gasteiger partial charge in [0.05, 0.1) is 13.3 Å². The largest absolute Gasteiger partial charge is 0.341 e. The van der Waals surface area contributed by atoms with Gasteiger partial charge < -0.3 is 19.6 Å². The second-order valence-corrected chi connectivity index (χ2v) is 5.96. The number of hydrogen-bond acceptors (Lipinski definition) is 2. The highest BCUT2D eigenvalue weighted by Crippen LogP contribution is 2.14. The molecular weight excluding hydrogens is 297 g/mol. The number of rotatable bonds is 2. The summed E-state index contributed by atoms with van der Waals surface area (Å²) in [5, 5.41) is 0. The Balaban J connectivity index is 2.11. The standard InChI is InChI=1S/C16H24FN5O/c1-12-6-7-13(8-14(12)17)9-19(3)15(18-2)22-10-20(4)16(23)21(5)11-22/h6-8H,9-11H2,1-5H3/b18-15-.